The van der Waals surface area contributed by atoms with Gasteiger partial charge in [0.2, 0.25) is 0 Å². The summed E-state index contributed by atoms with van der Waals surface area (Å²) in [5.74, 6) is 0.290. The van der Waals surface area contributed by atoms with Crippen LogP contribution in [0.5, 0.6) is 0 Å². The fourth-order valence-corrected chi connectivity index (χ4v) is 3.84. The Labute approximate surface area is 114 Å². The van der Waals surface area contributed by atoms with E-state index in [2.05, 4.69) is 5.32 Å². The smallest absolute Gasteiger partial charge is 0.261 e. The normalized spacial score (nSPS) is 13.1. The molecule has 1 unspecified atom stereocenters. The molecule has 0 bridgehead atoms. The van der Waals surface area contributed by atoms with Gasteiger partial charge in [-0.2, -0.15) is 0 Å². The van der Waals surface area contributed by atoms with E-state index in [0.29, 0.717) is 12.3 Å². The maximum absolute atomic E-state index is 12.1. The van der Waals surface area contributed by atoms with E-state index in [1.807, 2.05) is 31.4 Å². The monoisotopic (exact) mass is 283 g/mol. The molecule has 2 heterocycles. The lowest BCUT2D eigenvalue weighted by Gasteiger charge is -2.20. The summed E-state index contributed by atoms with van der Waals surface area (Å²) in [5.41, 5.74) is 0. The molecule has 1 atom stereocenters. The molecule has 0 aliphatic heterocycles. The Kier molecular flexibility index (Phi) is 4.37. The topological polar surface area (TPSA) is 49.3 Å². The van der Waals surface area contributed by atoms with Gasteiger partial charge in [0, 0.05) is 22.0 Å². The van der Waals surface area contributed by atoms with Gasteiger partial charge in [-0.15, -0.1) is 22.7 Å². The molecule has 0 spiro atoms. The summed E-state index contributed by atoms with van der Waals surface area (Å²) < 4.78 is 2.32. The second-order valence-corrected chi connectivity index (χ2v) is 6.63. The number of hydrogen-bond donors (Lipinski definition) is 2. The van der Waals surface area contributed by atoms with E-state index in [0.717, 1.165) is 14.3 Å². The fraction of sp³-hybridized carbons (Fsp3) is 0.462. The molecule has 0 radical (unpaired) electrons. The third kappa shape index (κ3) is 2.91. The molecule has 2 aromatic heterocycles. The largest absolute Gasteiger partial charge is 0.396 e. The maximum Gasteiger partial charge on any atom is 0.261 e. The molecular weight excluding hydrogens is 266 g/mol. The minimum atomic E-state index is -0.0319. The Hall–Kier alpha value is -0.910. The lowest BCUT2D eigenvalue weighted by atomic mass is 10.0. The van der Waals surface area contributed by atoms with Gasteiger partial charge in [-0.3, -0.25) is 4.79 Å². The first-order chi connectivity index (χ1) is 8.61. The van der Waals surface area contributed by atoms with Gasteiger partial charge in [0.1, 0.15) is 0 Å². The van der Waals surface area contributed by atoms with Crippen LogP contribution in [0.4, 0.5) is 0 Å². The molecule has 3 nitrogen and oxygen atoms in total. The molecule has 0 aliphatic carbocycles. The van der Waals surface area contributed by atoms with Crippen LogP contribution in [-0.4, -0.2) is 23.7 Å². The summed E-state index contributed by atoms with van der Waals surface area (Å²) in [5, 5.41) is 14.0. The Bertz CT molecular complexity index is 501. The van der Waals surface area contributed by atoms with Gasteiger partial charge in [-0.25, -0.2) is 0 Å². The number of fused-ring (bicyclic) bond motifs is 1. The predicted molar refractivity (Wildman–Crippen MR) is 77.5 cm³/mol. The molecule has 5 heteroatoms. The molecule has 98 valence electrons. The van der Waals surface area contributed by atoms with Crippen molar-refractivity contribution in [2.24, 2.45) is 5.92 Å². The fourth-order valence-electron chi connectivity index (χ4n) is 1.83. The predicted octanol–water partition coefficient (Wildman–Crippen LogP) is 3.10. The number of amides is 1. The second kappa shape index (κ2) is 5.82. The molecule has 2 N–H and O–H groups in total. The van der Waals surface area contributed by atoms with Crippen molar-refractivity contribution >= 4 is 38.0 Å². The molecule has 0 aliphatic rings. The third-order valence-corrected chi connectivity index (χ3v) is 5.02. The highest BCUT2D eigenvalue weighted by molar-refractivity contribution is 7.27. The minimum absolute atomic E-state index is 0.0302. The number of carbonyl (C=O) groups excluding carboxylic acids is 1. The zero-order valence-corrected chi connectivity index (χ0v) is 12.1. The first-order valence-electron chi connectivity index (χ1n) is 6.00. The zero-order chi connectivity index (χ0) is 13.1. The van der Waals surface area contributed by atoms with Gasteiger partial charge in [0.05, 0.1) is 4.88 Å². The Morgan fingerprint density at radius 1 is 1.44 bits per heavy atom. The average molecular weight is 283 g/mol. The molecule has 1 amide bonds. The molecule has 0 fully saturated rings. The number of hydrogen-bond acceptors (Lipinski definition) is 4. The number of aliphatic hydroxyl groups is 1. The van der Waals surface area contributed by atoms with E-state index in [4.69, 9.17) is 5.11 Å². The van der Waals surface area contributed by atoms with Crippen molar-refractivity contribution in [2.75, 3.05) is 6.61 Å². The van der Waals surface area contributed by atoms with Crippen LogP contribution in [0.15, 0.2) is 17.5 Å². The second-order valence-electron chi connectivity index (χ2n) is 4.60. The van der Waals surface area contributed by atoms with Crippen LogP contribution >= 0.6 is 22.7 Å². The van der Waals surface area contributed by atoms with Gasteiger partial charge in [-0.05, 0) is 29.9 Å². The van der Waals surface area contributed by atoms with Crippen LogP contribution in [0, 0.1) is 5.92 Å². The summed E-state index contributed by atoms with van der Waals surface area (Å²) >= 11 is 3.17. The van der Waals surface area contributed by atoms with Gasteiger partial charge in [0.25, 0.3) is 5.91 Å². The van der Waals surface area contributed by atoms with Crippen molar-refractivity contribution in [3.63, 3.8) is 0 Å². The van der Waals surface area contributed by atoms with Crippen molar-refractivity contribution < 1.29 is 9.90 Å². The van der Waals surface area contributed by atoms with Gasteiger partial charge >= 0.3 is 0 Å². The number of aliphatic hydroxyl groups excluding tert-OH is 1. The van der Waals surface area contributed by atoms with E-state index < -0.39 is 0 Å². The van der Waals surface area contributed by atoms with Crippen molar-refractivity contribution in [2.45, 2.75) is 26.3 Å². The Balaban J connectivity index is 2.08. The van der Waals surface area contributed by atoms with Crippen molar-refractivity contribution in [1.82, 2.24) is 5.32 Å². The molecule has 2 rings (SSSR count). The van der Waals surface area contributed by atoms with Crippen LogP contribution < -0.4 is 5.32 Å². The van der Waals surface area contributed by atoms with Crippen LogP contribution in [0.2, 0.25) is 0 Å². The van der Waals surface area contributed by atoms with Crippen LogP contribution in [0.1, 0.15) is 29.9 Å². The molecule has 0 saturated heterocycles. The van der Waals surface area contributed by atoms with E-state index in [1.165, 1.54) is 11.3 Å². The lowest BCUT2D eigenvalue weighted by Crippen LogP contribution is -2.38. The summed E-state index contributed by atoms with van der Waals surface area (Å²) in [4.78, 5) is 12.9. The van der Waals surface area contributed by atoms with Crippen molar-refractivity contribution in [3.05, 3.63) is 22.4 Å². The third-order valence-electron chi connectivity index (χ3n) is 2.92. The molecule has 2 aromatic rings. The number of rotatable bonds is 5. The highest BCUT2D eigenvalue weighted by Crippen LogP contribution is 2.30. The first-order valence-corrected chi connectivity index (χ1v) is 7.70. The van der Waals surface area contributed by atoms with Gasteiger partial charge < -0.3 is 10.4 Å². The van der Waals surface area contributed by atoms with Crippen LogP contribution in [0.25, 0.3) is 9.40 Å². The SMILES string of the molecule is CC(C)C(CCO)NC(=O)c1cc2sccc2s1. The molecular formula is C13H17NO2S2. The van der Waals surface area contributed by atoms with Crippen molar-refractivity contribution in [1.29, 1.82) is 0 Å². The Morgan fingerprint density at radius 3 is 2.83 bits per heavy atom. The summed E-state index contributed by atoms with van der Waals surface area (Å²) in [6, 6.07) is 4.01. The molecule has 0 saturated carbocycles. The number of thiophene rings is 2. The van der Waals surface area contributed by atoms with Gasteiger partial charge in [0.15, 0.2) is 0 Å². The molecule has 18 heavy (non-hydrogen) atoms. The standard InChI is InChI=1S/C13H17NO2S2/c1-8(2)9(3-5-15)14-13(16)12-7-11-10(18-12)4-6-17-11/h4,6-9,15H,3,5H2,1-2H3,(H,14,16). The van der Waals surface area contributed by atoms with E-state index >= 15 is 0 Å². The summed E-state index contributed by atoms with van der Waals surface area (Å²) in [7, 11) is 0. The summed E-state index contributed by atoms with van der Waals surface area (Å²) in [6.45, 7) is 4.20. The van der Waals surface area contributed by atoms with Crippen LogP contribution in [0.3, 0.4) is 0 Å². The average Bonchev–Trinajstić information content (AvgIpc) is 2.87. The first kappa shape index (κ1) is 13.5. The van der Waals surface area contributed by atoms with Gasteiger partial charge in [-0.1, -0.05) is 13.8 Å². The highest BCUT2D eigenvalue weighted by atomic mass is 32.1. The van der Waals surface area contributed by atoms with Crippen LogP contribution in [-0.2, 0) is 0 Å². The quantitative estimate of drug-likeness (QED) is 0.886. The lowest BCUT2D eigenvalue weighted by molar-refractivity contribution is 0.0921. The number of nitrogens with one attached hydrogen (secondary N) is 1. The minimum Gasteiger partial charge on any atom is -0.396 e. The van der Waals surface area contributed by atoms with E-state index in [9.17, 15) is 4.79 Å². The Morgan fingerprint density at radius 2 is 2.22 bits per heavy atom. The zero-order valence-electron chi connectivity index (χ0n) is 10.5. The maximum atomic E-state index is 12.1. The van der Waals surface area contributed by atoms with E-state index in [1.54, 1.807) is 11.3 Å². The highest BCUT2D eigenvalue weighted by Gasteiger charge is 2.18. The molecule has 0 aromatic carbocycles. The van der Waals surface area contributed by atoms with E-state index in [-0.39, 0.29) is 18.6 Å². The summed E-state index contributed by atoms with van der Waals surface area (Å²) in [6.07, 6.45) is 0.600. The van der Waals surface area contributed by atoms with Crippen molar-refractivity contribution in [3.8, 4) is 0 Å². The number of carbonyl (C=O) groups is 1.